The van der Waals surface area contributed by atoms with Gasteiger partial charge in [-0.25, -0.2) is 0 Å². The highest BCUT2D eigenvalue weighted by atomic mass is 35.5. The molecule has 3 nitrogen and oxygen atoms in total. The number of amidine groups is 1. The Hall–Kier alpha value is -2.13. The first-order chi connectivity index (χ1) is 10.6. The molecule has 0 spiro atoms. The van der Waals surface area contributed by atoms with E-state index in [1.165, 1.54) is 0 Å². The van der Waals surface area contributed by atoms with Gasteiger partial charge < -0.3 is 4.90 Å². The van der Waals surface area contributed by atoms with Crippen molar-refractivity contribution in [3.8, 4) is 0 Å². The lowest BCUT2D eigenvalue weighted by Crippen LogP contribution is -2.26. The smallest absolute Gasteiger partial charge is 0.193 e. The summed E-state index contributed by atoms with van der Waals surface area (Å²) < 4.78 is 0. The number of benzene rings is 2. The maximum Gasteiger partial charge on any atom is 0.193 e. The Labute approximate surface area is 135 Å². The van der Waals surface area contributed by atoms with E-state index in [4.69, 9.17) is 11.6 Å². The molecule has 0 amide bonds. The molecular formula is C18H17ClN2O. The summed E-state index contributed by atoms with van der Waals surface area (Å²) >= 11 is 5.90. The molecule has 1 aliphatic heterocycles. The van der Waals surface area contributed by atoms with Gasteiger partial charge in [0.05, 0.1) is 6.04 Å². The number of carbonyl (C=O) groups is 1. The van der Waals surface area contributed by atoms with Crippen molar-refractivity contribution in [2.24, 2.45) is 4.99 Å². The van der Waals surface area contributed by atoms with Gasteiger partial charge in [-0.15, -0.1) is 0 Å². The number of carbonyl (C=O) groups excluding carboxylic acids is 1. The van der Waals surface area contributed by atoms with Gasteiger partial charge in [-0.05, 0) is 31.2 Å². The molecule has 0 bridgehead atoms. The first-order valence-electron chi connectivity index (χ1n) is 7.25. The summed E-state index contributed by atoms with van der Waals surface area (Å²) in [5, 5.41) is 0.624. The number of halogens is 1. The van der Waals surface area contributed by atoms with Crippen LogP contribution in [0.4, 0.5) is 0 Å². The molecule has 1 heterocycles. The van der Waals surface area contributed by atoms with E-state index >= 15 is 0 Å². The zero-order valence-electron chi connectivity index (χ0n) is 12.6. The molecule has 2 aromatic carbocycles. The molecule has 0 saturated heterocycles. The van der Waals surface area contributed by atoms with Gasteiger partial charge in [0.15, 0.2) is 5.78 Å². The largest absolute Gasteiger partial charge is 0.357 e. The second kappa shape index (κ2) is 5.93. The minimum Gasteiger partial charge on any atom is -0.357 e. The molecule has 0 saturated carbocycles. The molecule has 112 valence electrons. The summed E-state index contributed by atoms with van der Waals surface area (Å²) in [7, 11) is 2.01. The van der Waals surface area contributed by atoms with Crippen LogP contribution in [0.3, 0.4) is 0 Å². The highest BCUT2D eigenvalue weighted by Crippen LogP contribution is 2.21. The predicted molar refractivity (Wildman–Crippen MR) is 90.0 cm³/mol. The Morgan fingerprint density at radius 1 is 1.18 bits per heavy atom. The van der Waals surface area contributed by atoms with E-state index in [-0.39, 0.29) is 11.8 Å². The normalized spacial score (nSPS) is 17.5. The Morgan fingerprint density at radius 3 is 2.50 bits per heavy atom. The molecule has 4 heteroatoms. The molecule has 0 aromatic heterocycles. The summed E-state index contributed by atoms with van der Waals surface area (Å²) in [6, 6.07) is 14.9. The van der Waals surface area contributed by atoms with E-state index in [9.17, 15) is 4.79 Å². The van der Waals surface area contributed by atoms with Crippen molar-refractivity contribution in [2.75, 3.05) is 13.6 Å². The van der Waals surface area contributed by atoms with Gasteiger partial charge in [0, 0.05) is 35.3 Å². The van der Waals surface area contributed by atoms with Crippen LogP contribution in [0.5, 0.6) is 0 Å². The molecule has 1 atom stereocenters. The maximum atomic E-state index is 12.8. The highest BCUT2D eigenvalue weighted by Gasteiger charge is 2.24. The van der Waals surface area contributed by atoms with E-state index in [0.717, 1.165) is 17.9 Å². The van der Waals surface area contributed by atoms with E-state index in [2.05, 4.69) is 16.8 Å². The van der Waals surface area contributed by atoms with Gasteiger partial charge in [-0.1, -0.05) is 35.9 Å². The van der Waals surface area contributed by atoms with Crippen LogP contribution in [-0.2, 0) is 0 Å². The molecule has 3 rings (SSSR count). The van der Waals surface area contributed by atoms with Crippen molar-refractivity contribution in [1.82, 2.24) is 4.90 Å². The van der Waals surface area contributed by atoms with Crippen molar-refractivity contribution in [3.05, 3.63) is 70.2 Å². The van der Waals surface area contributed by atoms with Crippen LogP contribution >= 0.6 is 11.6 Å². The standard InChI is InChI=1S/C18H17ClN2O/c1-12-11-21(2)18(20-12)16-6-4-3-5-15(16)17(22)13-7-9-14(19)10-8-13/h3-10,12H,11H2,1-2H3. The molecule has 0 fully saturated rings. The summed E-state index contributed by atoms with van der Waals surface area (Å²) in [5.74, 6) is 0.869. The van der Waals surface area contributed by atoms with E-state index in [1.807, 2.05) is 31.3 Å². The first kappa shape index (κ1) is 14.8. The summed E-state index contributed by atoms with van der Waals surface area (Å²) in [6.07, 6.45) is 0. The number of nitrogens with zero attached hydrogens (tertiary/aromatic N) is 2. The fourth-order valence-corrected chi connectivity index (χ4v) is 2.86. The molecule has 2 aromatic rings. The van der Waals surface area contributed by atoms with Gasteiger partial charge in [-0.3, -0.25) is 9.79 Å². The lowest BCUT2D eigenvalue weighted by Gasteiger charge is -2.16. The van der Waals surface area contributed by atoms with Crippen LogP contribution in [0, 0.1) is 0 Å². The molecule has 0 radical (unpaired) electrons. The fraction of sp³-hybridized carbons (Fsp3) is 0.222. The third-order valence-corrected chi connectivity index (χ3v) is 4.01. The van der Waals surface area contributed by atoms with Crippen LogP contribution in [-0.4, -0.2) is 36.2 Å². The Bertz CT molecular complexity index is 737. The average Bonchev–Trinajstić information content (AvgIpc) is 2.86. The Kier molecular flexibility index (Phi) is 3.99. The van der Waals surface area contributed by atoms with Gasteiger partial charge in [0.2, 0.25) is 0 Å². The zero-order valence-corrected chi connectivity index (χ0v) is 13.3. The number of likely N-dealkylation sites (N-methyl/N-ethyl adjacent to an activating group) is 1. The topological polar surface area (TPSA) is 32.7 Å². The quantitative estimate of drug-likeness (QED) is 0.810. The van der Waals surface area contributed by atoms with Gasteiger partial charge in [0.1, 0.15) is 5.84 Å². The average molecular weight is 313 g/mol. The number of aliphatic imine (C=N–C) groups is 1. The van der Waals surface area contributed by atoms with Gasteiger partial charge in [0.25, 0.3) is 0 Å². The monoisotopic (exact) mass is 312 g/mol. The van der Waals surface area contributed by atoms with E-state index < -0.39 is 0 Å². The van der Waals surface area contributed by atoms with E-state index in [1.54, 1.807) is 24.3 Å². The number of ketones is 1. The third kappa shape index (κ3) is 2.77. The number of rotatable bonds is 3. The number of hydrogen-bond acceptors (Lipinski definition) is 3. The van der Waals surface area contributed by atoms with Crippen molar-refractivity contribution >= 4 is 23.2 Å². The minimum atomic E-state index is -0.0112. The lowest BCUT2D eigenvalue weighted by molar-refractivity contribution is 0.103. The number of hydrogen-bond donors (Lipinski definition) is 0. The van der Waals surface area contributed by atoms with Crippen LogP contribution in [0.2, 0.25) is 5.02 Å². The Morgan fingerprint density at radius 2 is 1.86 bits per heavy atom. The van der Waals surface area contributed by atoms with Gasteiger partial charge in [-0.2, -0.15) is 0 Å². The first-order valence-corrected chi connectivity index (χ1v) is 7.62. The zero-order chi connectivity index (χ0) is 15.7. The van der Waals surface area contributed by atoms with Crippen LogP contribution in [0.15, 0.2) is 53.5 Å². The van der Waals surface area contributed by atoms with Crippen molar-refractivity contribution in [1.29, 1.82) is 0 Å². The molecule has 1 unspecified atom stereocenters. The lowest BCUT2D eigenvalue weighted by atomic mass is 9.97. The second-order valence-electron chi connectivity index (χ2n) is 5.56. The summed E-state index contributed by atoms with van der Waals surface area (Å²) in [4.78, 5) is 19.6. The highest BCUT2D eigenvalue weighted by molar-refractivity contribution is 6.30. The fourth-order valence-electron chi connectivity index (χ4n) is 2.74. The van der Waals surface area contributed by atoms with Crippen LogP contribution < -0.4 is 0 Å². The van der Waals surface area contributed by atoms with Gasteiger partial charge >= 0.3 is 0 Å². The minimum absolute atomic E-state index is 0.0112. The van der Waals surface area contributed by atoms with Crippen molar-refractivity contribution in [2.45, 2.75) is 13.0 Å². The molecule has 0 aliphatic carbocycles. The molecule has 1 aliphatic rings. The van der Waals surface area contributed by atoms with Crippen molar-refractivity contribution < 1.29 is 4.79 Å². The molecular weight excluding hydrogens is 296 g/mol. The summed E-state index contributed by atoms with van der Waals surface area (Å²) in [5.41, 5.74) is 2.19. The predicted octanol–water partition coefficient (Wildman–Crippen LogP) is 3.65. The van der Waals surface area contributed by atoms with Crippen LogP contribution in [0.1, 0.15) is 28.4 Å². The SMILES string of the molecule is CC1CN(C)C(c2ccccc2C(=O)c2ccc(Cl)cc2)=N1. The van der Waals surface area contributed by atoms with E-state index in [0.29, 0.717) is 16.1 Å². The second-order valence-corrected chi connectivity index (χ2v) is 6.00. The maximum absolute atomic E-state index is 12.8. The summed E-state index contributed by atoms with van der Waals surface area (Å²) in [6.45, 7) is 2.95. The van der Waals surface area contributed by atoms with Crippen LogP contribution in [0.25, 0.3) is 0 Å². The van der Waals surface area contributed by atoms with Crippen molar-refractivity contribution in [3.63, 3.8) is 0 Å². The third-order valence-electron chi connectivity index (χ3n) is 3.76. The Balaban J connectivity index is 2.03. The molecule has 22 heavy (non-hydrogen) atoms. The molecule has 0 N–H and O–H groups in total.